The third-order valence-electron chi connectivity index (χ3n) is 3.04. The van der Waals surface area contributed by atoms with Crippen LogP contribution in [-0.4, -0.2) is 21.1 Å². The summed E-state index contributed by atoms with van der Waals surface area (Å²) in [4.78, 5) is 20.4. The zero-order chi connectivity index (χ0) is 15.2. The number of rotatable bonds is 5. The van der Waals surface area contributed by atoms with E-state index in [1.807, 2.05) is 31.2 Å². The fourth-order valence-electron chi connectivity index (χ4n) is 1.75. The summed E-state index contributed by atoms with van der Waals surface area (Å²) in [7, 11) is 0. The van der Waals surface area contributed by atoms with E-state index in [1.165, 1.54) is 17.3 Å². The highest BCUT2D eigenvalue weighted by molar-refractivity contribution is 8.00. The quantitative estimate of drug-likeness (QED) is 0.675. The lowest BCUT2D eigenvalue weighted by molar-refractivity contribution is -0.115. The lowest BCUT2D eigenvalue weighted by atomic mass is 10.0. The monoisotopic (exact) mass is 301 g/mol. The van der Waals surface area contributed by atoms with Gasteiger partial charge in [-0.1, -0.05) is 37.7 Å². The molecule has 1 aromatic heterocycles. The Hall–Kier alpha value is -1.88. The number of nitrogens with zero attached hydrogens (tertiary/aromatic N) is 2. The lowest BCUT2D eigenvalue weighted by Crippen LogP contribution is -2.22. The summed E-state index contributed by atoms with van der Waals surface area (Å²) in [5.41, 5.74) is 2.07. The predicted molar refractivity (Wildman–Crippen MR) is 86.5 cm³/mol. The molecule has 0 aliphatic heterocycles. The molecule has 1 atom stereocenters. The van der Waals surface area contributed by atoms with Crippen molar-refractivity contribution < 1.29 is 4.79 Å². The van der Waals surface area contributed by atoms with E-state index >= 15 is 0 Å². The van der Waals surface area contributed by atoms with Crippen molar-refractivity contribution in [2.75, 3.05) is 5.32 Å². The van der Waals surface area contributed by atoms with Gasteiger partial charge in [-0.3, -0.25) is 4.79 Å². The van der Waals surface area contributed by atoms with Gasteiger partial charge in [-0.25, -0.2) is 9.97 Å². The topological polar surface area (TPSA) is 54.9 Å². The van der Waals surface area contributed by atoms with Crippen LogP contribution in [0.4, 0.5) is 5.69 Å². The number of nitrogens with one attached hydrogen (secondary N) is 1. The maximum absolute atomic E-state index is 12.1. The largest absolute Gasteiger partial charge is 0.325 e. The second-order valence-electron chi connectivity index (χ2n) is 5.06. The van der Waals surface area contributed by atoms with Crippen molar-refractivity contribution in [3.05, 3.63) is 48.3 Å². The number of thioether (sulfide) groups is 1. The van der Waals surface area contributed by atoms with Crippen molar-refractivity contribution in [3.8, 4) is 0 Å². The van der Waals surface area contributed by atoms with Crippen LogP contribution < -0.4 is 5.32 Å². The van der Waals surface area contributed by atoms with Gasteiger partial charge in [0.15, 0.2) is 5.16 Å². The van der Waals surface area contributed by atoms with Gasteiger partial charge in [0.05, 0.1) is 5.25 Å². The van der Waals surface area contributed by atoms with Crippen molar-refractivity contribution in [1.29, 1.82) is 0 Å². The van der Waals surface area contributed by atoms with Crippen LogP contribution in [0.2, 0.25) is 0 Å². The van der Waals surface area contributed by atoms with Crippen LogP contribution in [0.3, 0.4) is 0 Å². The summed E-state index contributed by atoms with van der Waals surface area (Å²) in [6.07, 6.45) is 3.34. The second-order valence-corrected chi connectivity index (χ2v) is 6.37. The third-order valence-corrected chi connectivity index (χ3v) is 4.03. The number of anilines is 1. The maximum Gasteiger partial charge on any atom is 0.237 e. The molecule has 2 aromatic rings. The second kappa shape index (κ2) is 7.22. The van der Waals surface area contributed by atoms with Gasteiger partial charge in [-0.15, -0.1) is 0 Å². The van der Waals surface area contributed by atoms with Gasteiger partial charge in [-0.2, -0.15) is 0 Å². The number of hydrogen-bond acceptors (Lipinski definition) is 4. The van der Waals surface area contributed by atoms with E-state index in [1.54, 1.807) is 18.5 Å². The molecule has 4 nitrogen and oxygen atoms in total. The van der Waals surface area contributed by atoms with E-state index in [0.717, 1.165) is 5.69 Å². The molecule has 1 N–H and O–H groups in total. The number of benzene rings is 1. The fourth-order valence-corrected chi connectivity index (χ4v) is 2.48. The van der Waals surface area contributed by atoms with Crippen LogP contribution in [-0.2, 0) is 4.79 Å². The number of carbonyl (C=O) groups is 1. The Bertz CT molecular complexity index is 584. The summed E-state index contributed by atoms with van der Waals surface area (Å²) in [5.74, 6) is 0.434. The summed E-state index contributed by atoms with van der Waals surface area (Å²) in [6.45, 7) is 6.14. The molecule has 1 aromatic carbocycles. The minimum Gasteiger partial charge on any atom is -0.325 e. The molecular weight excluding hydrogens is 282 g/mol. The first-order chi connectivity index (χ1) is 10.1. The Morgan fingerprint density at radius 3 is 2.29 bits per heavy atom. The lowest BCUT2D eigenvalue weighted by Gasteiger charge is -2.12. The summed E-state index contributed by atoms with van der Waals surface area (Å²) in [5, 5.41) is 3.27. The molecule has 0 spiro atoms. The average Bonchev–Trinajstić information content (AvgIpc) is 2.48. The van der Waals surface area contributed by atoms with Crippen molar-refractivity contribution in [2.45, 2.75) is 37.1 Å². The Kier molecular flexibility index (Phi) is 5.33. The van der Waals surface area contributed by atoms with E-state index in [-0.39, 0.29) is 11.2 Å². The first-order valence-corrected chi connectivity index (χ1v) is 7.78. The van der Waals surface area contributed by atoms with Gasteiger partial charge in [-0.05, 0) is 36.6 Å². The summed E-state index contributed by atoms with van der Waals surface area (Å²) >= 11 is 1.34. The normalized spacial score (nSPS) is 12.2. The highest BCUT2D eigenvalue weighted by atomic mass is 32.2. The molecule has 5 heteroatoms. The Morgan fingerprint density at radius 2 is 1.71 bits per heavy atom. The number of aromatic nitrogens is 2. The molecule has 0 unspecified atom stereocenters. The van der Waals surface area contributed by atoms with Crippen LogP contribution in [0.5, 0.6) is 0 Å². The molecule has 0 aliphatic rings. The minimum absolute atomic E-state index is 0.0512. The Morgan fingerprint density at radius 1 is 1.10 bits per heavy atom. The van der Waals surface area contributed by atoms with Gasteiger partial charge in [0.25, 0.3) is 0 Å². The smallest absolute Gasteiger partial charge is 0.237 e. The van der Waals surface area contributed by atoms with Crippen LogP contribution in [0.1, 0.15) is 32.3 Å². The molecule has 110 valence electrons. The SMILES string of the molecule is CC(C)c1ccc(NC(=O)[C@H](C)Sc2ncccn2)cc1. The molecule has 0 saturated heterocycles. The summed E-state index contributed by atoms with van der Waals surface area (Å²) in [6, 6.07) is 9.70. The molecule has 0 radical (unpaired) electrons. The van der Waals surface area contributed by atoms with E-state index < -0.39 is 0 Å². The van der Waals surface area contributed by atoms with Crippen molar-refractivity contribution in [1.82, 2.24) is 9.97 Å². The van der Waals surface area contributed by atoms with Crippen LogP contribution >= 0.6 is 11.8 Å². The fraction of sp³-hybridized carbons (Fsp3) is 0.312. The van der Waals surface area contributed by atoms with E-state index in [2.05, 4.69) is 29.1 Å². The number of carbonyl (C=O) groups excluding carboxylic acids is 1. The molecule has 0 bridgehead atoms. The van der Waals surface area contributed by atoms with Crippen molar-refractivity contribution in [3.63, 3.8) is 0 Å². The van der Waals surface area contributed by atoms with Gasteiger partial charge < -0.3 is 5.32 Å². The highest BCUT2D eigenvalue weighted by Gasteiger charge is 2.15. The van der Waals surface area contributed by atoms with E-state index in [9.17, 15) is 4.79 Å². The van der Waals surface area contributed by atoms with Crippen LogP contribution in [0.15, 0.2) is 47.9 Å². The standard InChI is InChI=1S/C16H19N3OS/c1-11(2)13-5-7-14(8-6-13)19-15(20)12(3)21-16-17-9-4-10-18-16/h4-12H,1-3H3,(H,19,20)/t12-/m0/s1. The summed E-state index contributed by atoms with van der Waals surface area (Å²) < 4.78 is 0. The molecule has 0 fully saturated rings. The zero-order valence-electron chi connectivity index (χ0n) is 12.4. The van der Waals surface area contributed by atoms with Gasteiger partial charge in [0, 0.05) is 18.1 Å². The van der Waals surface area contributed by atoms with Crippen molar-refractivity contribution in [2.24, 2.45) is 0 Å². The predicted octanol–water partition coefficient (Wildman–Crippen LogP) is 3.72. The Balaban J connectivity index is 1.94. The number of hydrogen-bond donors (Lipinski definition) is 1. The highest BCUT2D eigenvalue weighted by Crippen LogP contribution is 2.21. The molecular formula is C16H19N3OS. The third kappa shape index (κ3) is 4.56. The van der Waals surface area contributed by atoms with Crippen LogP contribution in [0.25, 0.3) is 0 Å². The average molecular weight is 301 g/mol. The molecule has 0 aliphatic carbocycles. The molecule has 1 amide bonds. The zero-order valence-corrected chi connectivity index (χ0v) is 13.2. The minimum atomic E-state index is -0.253. The maximum atomic E-state index is 12.1. The first-order valence-electron chi connectivity index (χ1n) is 6.90. The van der Waals surface area contributed by atoms with Crippen molar-refractivity contribution >= 4 is 23.4 Å². The Labute approximate surface area is 129 Å². The van der Waals surface area contributed by atoms with E-state index in [0.29, 0.717) is 11.1 Å². The number of amides is 1. The van der Waals surface area contributed by atoms with Crippen LogP contribution in [0, 0.1) is 0 Å². The molecule has 2 rings (SSSR count). The first kappa shape index (κ1) is 15.5. The molecule has 21 heavy (non-hydrogen) atoms. The van der Waals surface area contributed by atoms with E-state index in [4.69, 9.17) is 0 Å². The molecule has 0 saturated carbocycles. The van der Waals surface area contributed by atoms with Gasteiger partial charge >= 0.3 is 0 Å². The molecule has 1 heterocycles. The van der Waals surface area contributed by atoms with Gasteiger partial charge in [0.1, 0.15) is 0 Å². The van der Waals surface area contributed by atoms with Gasteiger partial charge in [0.2, 0.25) is 5.91 Å².